The standard InChI is InChI=1S/C23H40N8O5/c1-12(2)10-17(27-14(5)32)20(34)29-18(11-13(3)4)21(35)28-16(8-7-9-26-23(24)25)19(33)22-31-30-15(6)36-22/h12-13,16-18H,7-11H2,1-6H3,(H,27,32)(H,28,35)(H,29,34)(H4,24,25,26)/t16-,17-,18-/m1/s1. The lowest BCUT2D eigenvalue weighted by Crippen LogP contribution is -2.56. The number of aliphatic imine (C=N–C) groups is 1. The largest absolute Gasteiger partial charge is 0.419 e. The van der Waals surface area contributed by atoms with Crippen molar-refractivity contribution in [2.75, 3.05) is 6.54 Å². The maximum atomic E-state index is 13.3. The Morgan fingerprint density at radius 2 is 1.42 bits per heavy atom. The fourth-order valence-electron chi connectivity index (χ4n) is 3.51. The molecule has 3 amide bonds. The molecule has 0 bridgehead atoms. The van der Waals surface area contributed by atoms with Crippen LogP contribution in [0.15, 0.2) is 9.41 Å². The van der Waals surface area contributed by atoms with Crippen molar-refractivity contribution < 1.29 is 23.6 Å². The smallest absolute Gasteiger partial charge is 0.286 e. The van der Waals surface area contributed by atoms with Crippen LogP contribution >= 0.6 is 0 Å². The number of nitrogens with two attached hydrogens (primary N) is 2. The predicted octanol–water partition coefficient (Wildman–Crippen LogP) is 0.181. The molecule has 0 radical (unpaired) electrons. The predicted molar refractivity (Wildman–Crippen MR) is 134 cm³/mol. The summed E-state index contributed by atoms with van der Waals surface area (Å²) in [6.07, 6.45) is 1.32. The third kappa shape index (κ3) is 11.3. The maximum Gasteiger partial charge on any atom is 0.286 e. The Balaban J connectivity index is 3.07. The van der Waals surface area contributed by atoms with Gasteiger partial charge < -0.3 is 31.8 Å². The van der Waals surface area contributed by atoms with E-state index in [1.54, 1.807) is 6.92 Å². The quantitative estimate of drug-likeness (QED) is 0.0945. The Morgan fingerprint density at radius 3 is 1.86 bits per heavy atom. The van der Waals surface area contributed by atoms with Gasteiger partial charge in [0.15, 0.2) is 5.96 Å². The highest BCUT2D eigenvalue weighted by Crippen LogP contribution is 2.12. The number of hydrogen-bond acceptors (Lipinski definition) is 8. The minimum atomic E-state index is -1.00. The number of guanidine groups is 1. The summed E-state index contributed by atoms with van der Waals surface area (Å²) >= 11 is 0. The molecule has 13 heteroatoms. The number of rotatable bonds is 15. The third-order valence-corrected chi connectivity index (χ3v) is 5.06. The minimum Gasteiger partial charge on any atom is -0.419 e. The highest BCUT2D eigenvalue weighted by Gasteiger charge is 2.31. The van der Waals surface area contributed by atoms with Gasteiger partial charge in [0.2, 0.25) is 29.4 Å². The second kappa shape index (κ2) is 14.8. The molecule has 0 aliphatic heterocycles. The summed E-state index contributed by atoms with van der Waals surface area (Å²) in [6.45, 7) is 10.8. The topological polar surface area (TPSA) is 208 Å². The zero-order valence-electron chi connectivity index (χ0n) is 22.0. The number of aryl methyl sites for hydroxylation is 1. The summed E-state index contributed by atoms with van der Waals surface area (Å²) in [4.78, 5) is 54.8. The average molecular weight is 509 g/mol. The molecule has 0 fully saturated rings. The minimum absolute atomic E-state index is 0.0555. The van der Waals surface area contributed by atoms with Crippen molar-refractivity contribution in [2.45, 2.75) is 85.4 Å². The lowest BCUT2D eigenvalue weighted by molar-refractivity contribution is -0.132. The molecule has 13 nitrogen and oxygen atoms in total. The maximum absolute atomic E-state index is 13.3. The Bertz CT molecular complexity index is 923. The van der Waals surface area contributed by atoms with E-state index in [0.717, 1.165) is 0 Å². The molecule has 0 aliphatic rings. The zero-order valence-corrected chi connectivity index (χ0v) is 22.0. The van der Waals surface area contributed by atoms with E-state index in [1.165, 1.54) is 6.92 Å². The van der Waals surface area contributed by atoms with E-state index in [4.69, 9.17) is 15.9 Å². The zero-order chi connectivity index (χ0) is 27.4. The van der Waals surface area contributed by atoms with Crippen molar-refractivity contribution in [1.82, 2.24) is 26.1 Å². The molecule has 36 heavy (non-hydrogen) atoms. The van der Waals surface area contributed by atoms with Gasteiger partial charge in [0.05, 0.1) is 6.04 Å². The van der Waals surface area contributed by atoms with Crippen LogP contribution in [0.3, 0.4) is 0 Å². The van der Waals surface area contributed by atoms with Gasteiger partial charge in [-0.05, 0) is 37.5 Å². The van der Waals surface area contributed by atoms with Crippen molar-refractivity contribution in [1.29, 1.82) is 0 Å². The van der Waals surface area contributed by atoms with E-state index in [-0.39, 0.29) is 48.4 Å². The van der Waals surface area contributed by atoms with Crippen LogP contribution in [0.2, 0.25) is 0 Å². The van der Waals surface area contributed by atoms with Crippen LogP contribution in [0.25, 0.3) is 0 Å². The van der Waals surface area contributed by atoms with Crippen molar-refractivity contribution >= 4 is 29.5 Å². The Hall–Kier alpha value is -3.51. The lowest BCUT2D eigenvalue weighted by atomic mass is 9.99. The summed E-state index contributed by atoms with van der Waals surface area (Å²) < 4.78 is 5.25. The van der Waals surface area contributed by atoms with Gasteiger partial charge in [0.1, 0.15) is 12.1 Å². The van der Waals surface area contributed by atoms with E-state index in [0.29, 0.717) is 19.3 Å². The number of aromatic nitrogens is 2. The fourth-order valence-corrected chi connectivity index (χ4v) is 3.51. The van der Waals surface area contributed by atoms with Gasteiger partial charge in [-0.3, -0.25) is 24.2 Å². The van der Waals surface area contributed by atoms with E-state index >= 15 is 0 Å². The first-order valence-corrected chi connectivity index (χ1v) is 12.1. The molecule has 7 N–H and O–H groups in total. The molecule has 202 valence electrons. The third-order valence-electron chi connectivity index (χ3n) is 5.06. The Morgan fingerprint density at radius 1 is 0.889 bits per heavy atom. The van der Waals surface area contributed by atoms with Crippen LogP contribution < -0.4 is 27.4 Å². The molecule has 1 heterocycles. The molecule has 0 aliphatic carbocycles. The second-order valence-corrected chi connectivity index (χ2v) is 9.57. The molecular formula is C23H40N8O5. The van der Waals surface area contributed by atoms with E-state index < -0.39 is 35.7 Å². The fraction of sp³-hybridized carbons (Fsp3) is 0.696. The van der Waals surface area contributed by atoms with Crippen LogP contribution in [-0.2, 0) is 14.4 Å². The summed E-state index contributed by atoms with van der Waals surface area (Å²) in [7, 11) is 0. The van der Waals surface area contributed by atoms with Crippen LogP contribution in [0.1, 0.15) is 76.9 Å². The molecule has 0 spiro atoms. The molecule has 0 aromatic carbocycles. The van der Waals surface area contributed by atoms with E-state index in [9.17, 15) is 19.2 Å². The first-order chi connectivity index (χ1) is 16.8. The molecular weight excluding hydrogens is 468 g/mol. The number of Topliss-reactive ketones (excluding diaryl/α,β-unsaturated/α-hetero) is 1. The first kappa shape index (κ1) is 30.5. The first-order valence-electron chi connectivity index (χ1n) is 12.1. The van der Waals surface area contributed by atoms with Crippen LogP contribution in [0.5, 0.6) is 0 Å². The molecule has 0 unspecified atom stereocenters. The summed E-state index contributed by atoms with van der Waals surface area (Å²) in [6, 6.07) is -2.72. The highest BCUT2D eigenvalue weighted by molar-refractivity contribution is 5.99. The van der Waals surface area contributed by atoms with Crippen molar-refractivity contribution in [2.24, 2.45) is 28.3 Å². The van der Waals surface area contributed by atoms with Crippen molar-refractivity contribution in [3.63, 3.8) is 0 Å². The molecule has 1 aromatic rings. The van der Waals surface area contributed by atoms with Gasteiger partial charge in [-0.2, -0.15) is 0 Å². The van der Waals surface area contributed by atoms with Crippen LogP contribution in [0, 0.1) is 18.8 Å². The highest BCUT2D eigenvalue weighted by atomic mass is 16.4. The summed E-state index contributed by atoms with van der Waals surface area (Å²) in [5.41, 5.74) is 10.7. The number of carbonyl (C=O) groups is 4. The van der Waals surface area contributed by atoms with E-state index in [2.05, 4.69) is 31.1 Å². The Labute approximate surface area is 211 Å². The van der Waals surface area contributed by atoms with Gasteiger partial charge in [-0.25, -0.2) is 0 Å². The van der Waals surface area contributed by atoms with Crippen molar-refractivity contribution in [3.8, 4) is 0 Å². The van der Waals surface area contributed by atoms with Gasteiger partial charge >= 0.3 is 0 Å². The molecule has 0 saturated heterocycles. The monoisotopic (exact) mass is 508 g/mol. The number of ketones is 1. The second-order valence-electron chi connectivity index (χ2n) is 9.57. The normalized spacial score (nSPS) is 13.6. The van der Waals surface area contributed by atoms with Crippen molar-refractivity contribution in [3.05, 3.63) is 11.8 Å². The molecule has 0 saturated carbocycles. The van der Waals surface area contributed by atoms with Crippen LogP contribution in [0.4, 0.5) is 0 Å². The average Bonchev–Trinajstić information content (AvgIpc) is 3.19. The van der Waals surface area contributed by atoms with E-state index in [1.807, 2.05) is 27.7 Å². The summed E-state index contributed by atoms with van der Waals surface area (Å²) in [5, 5.41) is 15.5. The summed E-state index contributed by atoms with van der Waals surface area (Å²) in [5.74, 6) is -1.82. The van der Waals surface area contributed by atoms with Gasteiger partial charge in [-0.1, -0.05) is 27.7 Å². The number of nitrogens with zero attached hydrogens (tertiary/aromatic N) is 3. The van der Waals surface area contributed by atoms with Gasteiger partial charge in [0.25, 0.3) is 5.89 Å². The molecule has 1 aromatic heterocycles. The van der Waals surface area contributed by atoms with Gasteiger partial charge in [0, 0.05) is 20.4 Å². The molecule has 1 rings (SSSR count). The SMILES string of the molecule is CC(=O)N[C@H](CC(C)C)C(=O)N[C@H](CC(C)C)C(=O)N[C@H](CCCN=C(N)N)C(=O)c1nnc(C)o1. The number of hydrogen-bond donors (Lipinski definition) is 5. The molecule has 3 atom stereocenters. The van der Waals surface area contributed by atoms with Crippen LogP contribution in [-0.4, -0.2) is 64.3 Å². The number of amides is 3. The number of carbonyl (C=O) groups excluding carboxylic acids is 4. The number of nitrogens with one attached hydrogen (secondary N) is 3. The van der Waals surface area contributed by atoms with Gasteiger partial charge in [-0.15, -0.1) is 10.2 Å². The lowest BCUT2D eigenvalue weighted by Gasteiger charge is -2.26. The Kier molecular flexibility index (Phi) is 12.5.